The number of nitrogens with zero attached hydrogens (tertiary/aromatic N) is 1. The number of hydrogen-bond donors (Lipinski definition) is 0. The van der Waals surface area contributed by atoms with Gasteiger partial charge < -0.3 is 4.90 Å². The predicted molar refractivity (Wildman–Crippen MR) is 75.1 cm³/mol. The molecule has 1 saturated heterocycles. The summed E-state index contributed by atoms with van der Waals surface area (Å²) in [5, 5.41) is 0. The van der Waals surface area contributed by atoms with Crippen LogP contribution in [0.4, 0.5) is 0 Å². The van der Waals surface area contributed by atoms with Crippen molar-refractivity contribution in [2.75, 3.05) is 20.1 Å². The molecule has 17 heavy (non-hydrogen) atoms. The molecule has 0 spiro atoms. The molecule has 1 aliphatic heterocycles. The van der Waals surface area contributed by atoms with E-state index in [1.807, 2.05) is 0 Å². The Kier molecular flexibility index (Phi) is 4.90. The fraction of sp³-hybridized carbons (Fsp3) is 1.00. The largest absolute Gasteiger partial charge is 0.306 e. The normalized spacial score (nSPS) is 33.2. The van der Waals surface area contributed by atoms with Crippen LogP contribution in [0.2, 0.25) is 0 Å². The van der Waals surface area contributed by atoms with E-state index in [1.54, 1.807) is 6.42 Å². The molecule has 1 heteroatoms. The monoisotopic (exact) mass is 237 g/mol. The van der Waals surface area contributed by atoms with Crippen LogP contribution in [0.25, 0.3) is 0 Å². The summed E-state index contributed by atoms with van der Waals surface area (Å²) in [6.07, 6.45) is 10.5. The van der Waals surface area contributed by atoms with Crippen LogP contribution < -0.4 is 0 Å². The molecule has 0 radical (unpaired) electrons. The van der Waals surface area contributed by atoms with Crippen LogP contribution in [0.3, 0.4) is 0 Å². The summed E-state index contributed by atoms with van der Waals surface area (Å²) in [6, 6.07) is 0. The van der Waals surface area contributed by atoms with Crippen LogP contribution >= 0.6 is 0 Å². The van der Waals surface area contributed by atoms with Crippen LogP contribution in [-0.2, 0) is 0 Å². The first-order chi connectivity index (χ1) is 8.15. The second kappa shape index (κ2) is 6.22. The molecule has 0 unspecified atom stereocenters. The van der Waals surface area contributed by atoms with E-state index in [4.69, 9.17) is 0 Å². The second-order valence-corrected chi connectivity index (χ2v) is 7.01. The molecule has 0 aromatic rings. The molecule has 1 saturated carbocycles. The maximum atomic E-state index is 2.49. The lowest BCUT2D eigenvalue weighted by Crippen LogP contribution is -2.31. The zero-order valence-corrected chi connectivity index (χ0v) is 12.1. The molecule has 2 rings (SSSR count). The van der Waals surface area contributed by atoms with E-state index in [1.165, 1.54) is 51.6 Å². The molecule has 0 aromatic heterocycles. The van der Waals surface area contributed by atoms with E-state index in [0.717, 1.165) is 23.7 Å². The molecule has 100 valence electrons. The molecule has 1 aliphatic carbocycles. The lowest BCUT2D eigenvalue weighted by Gasteiger charge is -2.35. The van der Waals surface area contributed by atoms with Crippen molar-refractivity contribution in [3.63, 3.8) is 0 Å². The van der Waals surface area contributed by atoms with Crippen molar-refractivity contribution in [2.24, 2.45) is 23.7 Å². The van der Waals surface area contributed by atoms with Crippen molar-refractivity contribution in [1.82, 2.24) is 4.90 Å². The first-order valence-corrected chi connectivity index (χ1v) is 7.83. The molecule has 0 bridgehead atoms. The number of likely N-dealkylation sites (tertiary alicyclic amines) is 1. The van der Waals surface area contributed by atoms with Gasteiger partial charge in [-0.05, 0) is 75.9 Å². The Bertz CT molecular complexity index is 208. The summed E-state index contributed by atoms with van der Waals surface area (Å²) >= 11 is 0. The van der Waals surface area contributed by atoms with E-state index in [-0.39, 0.29) is 0 Å². The molecule has 0 aromatic carbocycles. The van der Waals surface area contributed by atoms with Crippen LogP contribution in [0, 0.1) is 23.7 Å². The van der Waals surface area contributed by atoms with E-state index in [2.05, 4.69) is 25.8 Å². The third-order valence-corrected chi connectivity index (χ3v) is 5.34. The minimum absolute atomic E-state index is 0.916. The van der Waals surface area contributed by atoms with E-state index >= 15 is 0 Å². The maximum Gasteiger partial charge on any atom is -0.00191 e. The Balaban J connectivity index is 1.67. The van der Waals surface area contributed by atoms with E-state index < -0.39 is 0 Å². The van der Waals surface area contributed by atoms with Crippen molar-refractivity contribution >= 4 is 0 Å². The molecular formula is C16H31N. The minimum atomic E-state index is 0.916. The van der Waals surface area contributed by atoms with Gasteiger partial charge in [-0.2, -0.15) is 0 Å². The topological polar surface area (TPSA) is 3.24 Å². The van der Waals surface area contributed by atoms with Gasteiger partial charge in [0.05, 0.1) is 0 Å². The molecule has 2 aliphatic rings. The van der Waals surface area contributed by atoms with Crippen molar-refractivity contribution < 1.29 is 0 Å². The van der Waals surface area contributed by atoms with E-state index in [0.29, 0.717) is 0 Å². The Morgan fingerprint density at radius 3 is 1.94 bits per heavy atom. The Morgan fingerprint density at radius 1 is 0.882 bits per heavy atom. The standard InChI is InChI=1S/C16H31N/c1-13(2)16-6-4-14(5-7-16)12-15-8-10-17(3)11-9-15/h13-16H,4-12H2,1-3H3. The average Bonchev–Trinajstić information content (AvgIpc) is 2.33. The Labute approximate surface area is 108 Å². The van der Waals surface area contributed by atoms with Crippen LogP contribution in [0.1, 0.15) is 58.8 Å². The predicted octanol–water partition coefficient (Wildman–Crippen LogP) is 4.18. The summed E-state index contributed by atoms with van der Waals surface area (Å²) < 4.78 is 0. The van der Waals surface area contributed by atoms with Crippen molar-refractivity contribution in [1.29, 1.82) is 0 Å². The fourth-order valence-electron chi connectivity index (χ4n) is 3.86. The highest BCUT2D eigenvalue weighted by molar-refractivity contribution is 4.78. The smallest absolute Gasteiger partial charge is 0.00191 e. The van der Waals surface area contributed by atoms with Gasteiger partial charge in [0.2, 0.25) is 0 Å². The van der Waals surface area contributed by atoms with Crippen LogP contribution in [-0.4, -0.2) is 25.0 Å². The van der Waals surface area contributed by atoms with Gasteiger partial charge in [0.15, 0.2) is 0 Å². The lowest BCUT2D eigenvalue weighted by atomic mass is 9.73. The average molecular weight is 237 g/mol. The minimum Gasteiger partial charge on any atom is -0.306 e. The summed E-state index contributed by atoms with van der Waals surface area (Å²) in [4.78, 5) is 2.49. The highest BCUT2D eigenvalue weighted by atomic mass is 15.1. The molecular weight excluding hydrogens is 206 g/mol. The highest BCUT2D eigenvalue weighted by Crippen LogP contribution is 2.37. The summed E-state index contributed by atoms with van der Waals surface area (Å²) in [5.74, 6) is 4.06. The van der Waals surface area contributed by atoms with Crippen molar-refractivity contribution in [3.05, 3.63) is 0 Å². The molecule has 0 atom stereocenters. The quantitative estimate of drug-likeness (QED) is 0.712. The highest BCUT2D eigenvalue weighted by Gasteiger charge is 2.26. The Hall–Kier alpha value is -0.0400. The van der Waals surface area contributed by atoms with Crippen molar-refractivity contribution in [2.45, 2.75) is 58.8 Å². The zero-order valence-electron chi connectivity index (χ0n) is 12.1. The first-order valence-electron chi connectivity index (χ1n) is 7.83. The molecule has 0 amide bonds. The van der Waals surface area contributed by atoms with Gasteiger partial charge in [0.1, 0.15) is 0 Å². The van der Waals surface area contributed by atoms with Crippen molar-refractivity contribution in [3.8, 4) is 0 Å². The van der Waals surface area contributed by atoms with Gasteiger partial charge >= 0.3 is 0 Å². The third-order valence-electron chi connectivity index (χ3n) is 5.34. The number of rotatable bonds is 3. The molecule has 0 N–H and O–H groups in total. The first kappa shape index (κ1) is 13.4. The third kappa shape index (κ3) is 3.98. The van der Waals surface area contributed by atoms with E-state index in [9.17, 15) is 0 Å². The van der Waals surface area contributed by atoms with Gasteiger partial charge in [-0.25, -0.2) is 0 Å². The Morgan fingerprint density at radius 2 is 1.41 bits per heavy atom. The molecule has 1 heterocycles. The zero-order chi connectivity index (χ0) is 12.3. The molecule has 2 fully saturated rings. The van der Waals surface area contributed by atoms with Gasteiger partial charge in [0.25, 0.3) is 0 Å². The van der Waals surface area contributed by atoms with Gasteiger partial charge in [-0.3, -0.25) is 0 Å². The van der Waals surface area contributed by atoms with Crippen LogP contribution in [0.15, 0.2) is 0 Å². The molecule has 1 nitrogen and oxygen atoms in total. The number of piperidine rings is 1. The fourth-order valence-corrected chi connectivity index (χ4v) is 3.86. The van der Waals surface area contributed by atoms with Crippen LogP contribution in [0.5, 0.6) is 0 Å². The SMILES string of the molecule is CC(C)C1CCC(CC2CCN(C)CC2)CC1. The second-order valence-electron chi connectivity index (χ2n) is 7.01. The lowest BCUT2D eigenvalue weighted by molar-refractivity contribution is 0.159. The summed E-state index contributed by atoms with van der Waals surface area (Å²) in [5.41, 5.74) is 0. The van der Waals surface area contributed by atoms with Gasteiger partial charge in [-0.15, -0.1) is 0 Å². The summed E-state index contributed by atoms with van der Waals surface area (Å²) in [6.45, 7) is 7.49. The summed E-state index contributed by atoms with van der Waals surface area (Å²) in [7, 11) is 2.27. The van der Waals surface area contributed by atoms with Gasteiger partial charge in [0, 0.05) is 0 Å². The maximum absolute atomic E-state index is 2.49. The number of hydrogen-bond acceptors (Lipinski definition) is 1. The van der Waals surface area contributed by atoms with Gasteiger partial charge in [-0.1, -0.05) is 26.7 Å².